The quantitative estimate of drug-likeness (QED) is 0.556. The van der Waals surface area contributed by atoms with Crippen LogP contribution in [-0.2, 0) is 0 Å². The fraction of sp³-hybridized carbons (Fsp3) is 0.294. The zero-order chi connectivity index (χ0) is 15.1. The van der Waals surface area contributed by atoms with E-state index in [2.05, 4.69) is 64.6 Å². The first-order chi connectivity index (χ1) is 10.2. The Balaban J connectivity index is 1.76. The number of benzene rings is 2. The molecule has 1 atom stereocenters. The fourth-order valence-corrected chi connectivity index (χ4v) is 3.05. The molecule has 4 heteroatoms. The predicted molar refractivity (Wildman–Crippen MR) is 94.3 cm³/mol. The molecule has 112 valence electrons. The topological polar surface area (TPSA) is 21.3 Å². The fourth-order valence-electron chi connectivity index (χ4n) is 2.00. The summed E-state index contributed by atoms with van der Waals surface area (Å²) in [6.45, 7) is 3.15. The Hall–Kier alpha value is -0.970. The van der Waals surface area contributed by atoms with Crippen molar-refractivity contribution in [3.05, 3.63) is 58.6 Å². The van der Waals surface area contributed by atoms with E-state index in [0.29, 0.717) is 6.04 Å². The first-order valence-corrected chi connectivity index (χ1v) is 8.72. The maximum atomic E-state index is 5.26. The van der Waals surface area contributed by atoms with Gasteiger partial charge in [-0.05, 0) is 48.9 Å². The van der Waals surface area contributed by atoms with Crippen LogP contribution < -0.4 is 10.1 Å². The molecule has 0 aromatic heterocycles. The molecule has 0 aliphatic heterocycles. The molecular weight excluding hydrogens is 346 g/mol. The van der Waals surface area contributed by atoms with Gasteiger partial charge in [0.25, 0.3) is 0 Å². The first kappa shape index (κ1) is 16.4. The number of hydrogen-bond acceptors (Lipinski definition) is 3. The minimum absolute atomic E-state index is 0.325. The van der Waals surface area contributed by atoms with Gasteiger partial charge in [-0.15, -0.1) is 11.8 Å². The lowest BCUT2D eigenvalue weighted by Gasteiger charge is -2.15. The summed E-state index contributed by atoms with van der Waals surface area (Å²) in [5, 5.41) is 3.55. The Morgan fingerprint density at radius 1 is 1.19 bits per heavy atom. The van der Waals surface area contributed by atoms with Gasteiger partial charge in [-0.1, -0.05) is 28.1 Å². The Morgan fingerprint density at radius 3 is 2.67 bits per heavy atom. The monoisotopic (exact) mass is 365 g/mol. The third-order valence-corrected chi connectivity index (χ3v) is 4.77. The van der Waals surface area contributed by atoms with Crippen LogP contribution in [0.1, 0.15) is 18.5 Å². The molecule has 0 saturated heterocycles. The van der Waals surface area contributed by atoms with Crippen LogP contribution in [0.25, 0.3) is 0 Å². The summed E-state index contributed by atoms with van der Waals surface area (Å²) in [4.78, 5) is 1.30. The van der Waals surface area contributed by atoms with Crippen molar-refractivity contribution in [3.8, 4) is 5.75 Å². The maximum absolute atomic E-state index is 5.26. The normalized spacial score (nSPS) is 12.1. The molecule has 2 nitrogen and oxygen atoms in total. The van der Waals surface area contributed by atoms with Crippen LogP contribution in [0.15, 0.2) is 57.9 Å². The van der Waals surface area contributed by atoms with Crippen molar-refractivity contribution in [2.75, 3.05) is 19.4 Å². The smallest absolute Gasteiger partial charge is 0.119 e. The molecule has 21 heavy (non-hydrogen) atoms. The second-order valence-corrected chi connectivity index (χ2v) is 6.84. The number of rotatable bonds is 7. The maximum Gasteiger partial charge on any atom is 0.119 e. The first-order valence-electron chi connectivity index (χ1n) is 6.95. The second-order valence-electron chi connectivity index (χ2n) is 4.75. The van der Waals surface area contributed by atoms with Gasteiger partial charge in [-0.2, -0.15) is 0 Å². The average Bonchev–Trinajstić information content (AvgIpc) is 2.53. The summed E-state index contributed by atoms with van der Waals surface area (Å²) in [7, 11) is 1.70. The molecule has 2 aromatic carbocycles. The lowest BCUT2D eigenvalue weighted by atomic mass is 10.1. The van der Waals surface area contributed by atoms with Gasteiger partial charge in [0.15, 0.2) is 0 Å². The van der Waals surface area contributed by atoms with Crippen LogP contribution in [0.2, 0.25) is 0 Å². The van der Waals surface area contributed by atoms with E-state index in [1.807, 2.05) is 23.9 Å². The van der Waals surface area contributed by atoms with E-state index in [0.717, 1.165) is 22.5 Å². The highest BCUT2D eigenvalue weighted by atomic mass is 79.9. The van der Waals surface area contributed by atoms with Gasteiger partial charge in [0.05, 0.1) is 7.11 Å². The van der Waals surface area contributed by atoms with Crippen LogP contribution in [0.3, 0.4) is 0 Å². The lowest BCUT2D eigenvalue weighted by Crippen LogP contribution is -2.21. The van der Waals surface area contributed by atoms with E-state index >= 15 is 0 Å². The van der Waals surface area contributed by atoms with Crippen molar-refractivity contribution < 1.29 is 4.74 Å². The molecule has 0 radical (unpaired) electrons. The molecule has 0 spiro atoms. The molecule has 0 fully saturated rings. The minimum Gasteiger partial charge on any atom is -0.497 e. The molecule has 2 rings (SSSR count). The number of halogens is 1. The zero-order valence-corrected chi connectivity index (χ0v) is 14.7. The molecule has 0 bridgehead atoms. The van der Waals surface area contributed by atoms with Crippen LogP contribution in [-0.4, -0.2) is 19.4 Å². The molecular formula is C17H20BrNOS. The van der Waals surface area contributed by atoms with Crippen molar-refractivity contribution in [2.45, 2.75) is 17.9 Å². The summed E-state index contributed by atoms with van der Waals surface area (Å²) < 4.78 is 6.38. The van der Waals surface area contributed by atoms with E-state index in [1.54, 1.807) is 7.11 Å². The summed E-state index contributed by atoms with van der Waals surface area (Å²) in [6.07, 6.45) is 0. The number of ether oxygens (including phenoxy) is 1. The Bertz CT molecular complexity index is 559. The van der Waals surface area contributed by atoms with Gasteiger partial charge < -0.3 is 10.1 Å². The van der Waals surface area contributed by atoms with Crippen molar-refractivity contribution in [3.63, 3.8) is 0 Å². The van der Waals surface area contributed by atoms with E-state index < -0.39 is 0 Å². The number of hydrogen-bond donors (Lipinski definition) is 1. The summed E-state index contributed by atoms with van der Waals surface area (Å²) >= 11 is 5.32. The third-order valence-electron chi connectivity index (χ3n) is 3.23. The zero-order valence-electron chi connectivity index (χ0n) is 12.3. The largest absolute Gasteiger partial charge is 0.497 e. The van der Waals surface area contributed by atoms with Crippen LogP contribution in [0.4, 0.5) is 0 Å². The molecule has 0 saturated carbocycles. The number of nitrogens with one attached hydrogen (secondary N) is 1. The van der Waals surface area contributed by atoms with Crippen molar-refractivity contribution >= 4 is 27.7 Å². The van der Waals surface area contributed by atoms with E-state index in [1.165, 1.54) is 10.5 Å². The summed E-state index contributed by atoms with van der Waals surface area (Å²) in [6, 6.07) is 17.0. The lowest BCUT2D eigenvalue weighted by molar-refractivity contribution is 0.413. The van der Waals surface area contributed by atoms with Gasteiger partial charge in [0, 0.05) is 27.7 Å². The Morgan fingerprint density at radius 2 is 1.95 bits per heavy atom. The van der Waals surface area contributed by atoms with Crippen LogP contribution in [0.5, 0.6) is 5.75 Å². The van der Waals surface area contributed by atoms with E-state index in [4.69, 9.17) is 4.74 Å². The molecule has 2 aromatic rings. The highest BCUT2D eigenvalue weighted by Gasteiger charge is 2.05. The van der Waals surface area contributed by atoms with Crippen molar-refractivity contribution in [2.24, 2.45) is 0 Å². The highest BCUT2D eigenvalue weighted by molar-refractivity contribution is 9.10. The van der Waals surface area contributed by atoms with Gasteiger partial charge in [0.1, 0.15) is 5.75 Å². The van der Waals surface area contributed by atoms with Crippen molar-refractivity contribution in [1.29, 1.82) is 0 Å². The number of methoxy groups -OCH3 is 1. The van der Waals surface area contributed by atoms with E-state index in [-0.39, 0.29) is 0 Å². The second kappa shape index (κ2) is 8.47. The molecule has 0 amide bonds. The summed E-state index contributed by atoms with van der Waals surface area (Å²) in [5.41, 5.74) is 1.25. The Kier molecular flexibility index (Phi) is 6.61. The van der Waals surface area contributed by atoms with Crippen molar-refractivity contribution in [1.82, 2.24) is 5.32 Å². The summed E-state index contributed by atoms with van der Waals surface area (Å²) in [5.74, 6) is 1.96. The highest BCUT2D eigenvalue weighted by Crippen LogP contribution is 2.21. The molecule has 0 aliphatic rings. The Labute approximate surface area is 139 Å². The van der Waals surface area contributed by atoms with Crippen LogP contribution >= 0.6 is 27.7 Å². The van der Waals surface area contributed by atoms with Gasteiger partial charge in [-0.3, -0.25) is 0 Å². The molecule has 1 unspecified atom stereocenters. The van der Waals surface area contributed by atoms with Crippen LogP contribution in [0, 0.1) is 0 Å². The van der Waals surface area contributed by atoms with Gasteiger partial charge >= 0.3 is 0 Å². The SMILES string of the molecule is COc1cccc(C(C)NCCSc2ccc(Br)cc2)c1. The third kappa shape index (κ3) is 5.38. The molecule has 1 N–H and O–H groups in total. The predicted octanol–water partition coefficient (Wildman–Crippen LogP) is 4.90. The average molecular weight is 366 g/mol. The molecule has 0 aliphatic carbocycles. The van der Waals surface area contributed by atoms with Gasteiger partial charge in [0.2, 0.25) is 0 Å². The van der Waals surface area contributed by atoms with Gasteiger partial charge in [-0.25, -0.2) is 0 Å². The number of thioether (sulfide) groups is 1. The standard InChI is InChI=1S/C17H20BrNOS/c1-13(14-4-3-5-16(12-14)20-2)19-10-11-21-17-8-6-15(18)7-9-17/h3-9,12-13,19H,10-11H2,1-2H3. The minimum atomic E-state index is 0.325. The molecule has 0 heterocycles. The van der Waals surface area contributed by atoms with E-state index in [9.17, 15) is 0 Å².